The molecule has 8 heteroatoms. The highest BCUT2D eigenvalue weighted by Crippen LogP contribution is 2.39. The van der Waals surface area contributed by atoms with Gasteiger partial charge in [0.15, 0.2) is 0 Å². The number of nitrogens with zero attached hydrogens (tertiary/aromatic N) is 3. The van der Waals surface area contributed by atoms with E-state index in [0.717, 1.165) is 16.3 Å². The van der Waals surface area contributed by atoms with Crippen LogP contribution in [0.1, 0.15) is 11.3 Å². The molecule has 0 saturated carbocycles. The number of aromatic nitrogens is 2. The number of rotatable bonds is 6. The van der Waals surface area contributed by atoms with E-state index in [4.69, 9.17) is 4.74 Å². The van der Waals surface area contributed by atoms with Crippen molar-refractivity contribution in [2.75, 3.05) is 24.3 Å². The van der Waals surface area contributed by atoms with Crippen LogP contribution in [-0.2, 0) is 16.1 Å². The molecule has 1 aliphatic rings. The second-order valence-electron chi connectivity index (χ2n) is 6.84. The molecule has 30 heavy (non-hydrogen) atoms. The van der Waals surface area contributed by atoms with Crippen molar-refractivity contribution < 1.29 is 14.3 Å². The van der Waals surface area contributed by atoms with E-state index < -0.39 is 0 Å². The van der Waals surface area contributed by atoms with Crippen molar-refractivity contribution >= 4 is 29.3 Å². The Morgan fingerprint density at radius 2 is 1.90 bits per heavy atom. The minimum Gasteiger partial charge on any atom is -0.496 e. The summed E-state index contributed by atoms with van der Waals surface area (Å²) in [5.41, 5.74) is 3.21. The highest BCUT2D eigenvalue weighted by Gasteiger charge is 2.32. The summed E-state index contributed by atoms with van der Waals surface area (Å²) in [5, 5.41) is 8.38. The quantitative estimate of drug-likeness (QED) is 0.661. The van der Waals surface area contributed by atoms with Gasteiger partial charge < -0.3 is 10.1 Å². The number of aryl methyl sites for hydroxylation is 1. The lowest BCUT2D eigenvalue weighted by atomic mass is 10.2. The second kappa shape index (κ2) is 8.62. The average molecular weight is 423 g/mol. The highest BCUT2D eigenvalue weighted by molar-refractivity contribution is 8.00. The number of para-hydroxylation sites is 2. The Bertz CT molecular complexity index is 1080. The fraction of sp³-hybridized carbons (Fsp3) is 0.227. The summed E-state index contributed by atoms with van der Waals surface area (Å²) in [4.78, 5) is 26.8. The molecule has 2 aromatic carbocycles. The Kier molecular flexibility index (Phi) is 5.76. The highest BCUT2D eigenvalue weighted by atomic mass is 32.2. The maximum Gasteiger partial charge on any atom is 0.240 e. The number of carbonyl (C=O) groups is 2. The third-order valence-corrected chi connectivity index (χ3v) is 5.89. The molecule has 1 N–H and O–H groups in total. The molecule has 4 rings (SSSR count). The van der Waals surface area contributed by atoms with Crippen molar-refractivity contribution in [2.45, 2.75) is 18.5 Å². The smallest absolute Gasteiger partial charge is 0.240 e. The summed E-state index contributed by atoms with van der Waals surface area (Å²) in [5.74, 6) is 0.644. The number of fused-ring (bicyclic) bond motifs is 1. The van der Waals surface area contributed by atoms with Crippen LogP contribution < -0.4 is 15.0 Å². The SMILES string of the molecule is COc1ccccc1CNC(=O)CN1C(=O)CSc2c1c(C)nn2-c1ccccc1. The Hall–Kier alpha value is -3.26. The van der Waals surface area contributed by atoms with Gasteiger partial charge in [-0.05, 0) is 25.1 Å². The van der Waals surface area contributed by atoms with Gasteiger partial charge in [-0.1, -0.05) is 48.2 Å². The molecule has 0 fully saturated rings. The Balaban J connectivity index is 1.53. The molecule has 0 spiro atoms. The Labute approximate surface area is 179 Å². The first kappa shape index (κ1) is 20.0. The molecule has 0 unspecified atom stereocenters. The van der Waals surface area contributed by atoms with Gasteiger partial charge in [-0.15, -0.1) is 0 Å². The van der Waals surface area contributed by atoms with E-state index in [2.05, 4.69) is 10.4 Å². The monoisotopic (exact) mass is 422 g/mol. The lowest BCUT2D eigenvalue weighted by molar-refractivity contribution is -0.123. The third kappa shape index (κ3) is 3.91. The summed E-state index contributed by atoms with van der Waals surface area (Å²) in [6, 6.07) is 17.3. The first-order valence-electron chi connectivity index (χ1n) is 9.55. The van der Waals surface area contributed by atoms with Crippen molar-refractivity contribution in [1.29, 1.82) is 0 Å². The van der Waals surface area contributed by atoms with Crippen LogP contribution in [0.3, 0.4) is 0 Å². The number of anilines is 1. The van der Waals surface area contributed by atoms with Crippen LogP contribution in [0.2, 0.25) is 0 Å². The number of nitrogens with one attached hydrogen (secondary N) is 1. The largest absolute Gasteiger partial charge is 0.496 e. The summed E-state index contributed by atoms with van der Waals surface area (Å²) >= 11 is 1.45. The summed E-state index contributed by atoms with van der Waals surface area (Å²) in [7, 11) is 1.60. The van der Waals surface area contributed by atoms with E-state index in [1.54, 1.807) is 7.11 Å². The normalized spacial score (nSPS) is 13.1. The minimum atomic E-state index is -0.237. The summed E-state index contributed by atoms with van der Waals surface area (Å²) in [6.45, 7) is 2.13. The molecule has 0 bridgehead atoms. The predicted octanol–water partition coefficient (Wildman–Crippen LogP) is 2.94. The van der Waals surface area contributed by atoms with Crippen molar-refractivity contribution in [2.24, 2.45) is 0 Å². The van der Waals surface area contributed by atoms with E-state index in [0.29, 0.717) is 23.7 Å². The van der Waals surface area contributed by atoms with Crippen LogP contribution in [0, 0.1) is 6.92 Å². The lowest BCUT2D eigenvalue weighted by Gasteiger charge is -2.27. The van der Waals surface area contributed by atoms with Crippen molar-refractivity contribution in [3.63, 3.8) is 0 Å². The van der Waals surface area contributed by atoms with Crippen molar-refractivity contribution in [1.82, 2.24) is 15.1 Å². The lowest BCUT2D eigenvalue weighted by Crippen LogP contribution is -2.43. The van der Waals surface area contributed by atoms with Crippen LogP contribution in [-0.4, -0.2) is 41.0 Å². The fourth-order valence-corrected chi connectivity index (χ4v) is 4.50. The standard InChI is InChI=1S/C22H22N4O3S/c1-15-21-22(26(24-15)17-9-4-3-5-10-17)30-14-20(28)25(21)13-19(27)23-12-16-8-6-7-11-18(16)29-2/h3-11H,12-14H2,1-2H3,(H,23,27). The van der Waals surface area contributed by atoms with Gasteiger partial charge in [-0.25, -0.2) is 4.68 Å². The Morgan fingerprint density at radius 3 is 2.67 bits per heavy atom. The Morgan fingerprint density at radius 1 is 1.17 bits per heavy atom. The molecule has 0 aliphatic carbocycles. The van der Waals surface area contributed by atoms with Gasteiger partial charge >= 0.3 is 0 Å². The number of methoxy groups -OCH3 is 1. The number of amides is 2. The third-order valence-electron chi connectivity index (χ3n) is 4.86. The van der Waals surface area contributed by atoms with Crippen LogP contribution >= 0.6 is 11.8 Å². The topological polar surface area (TPSA) is 76.5 Å². The molecule has 0 atom stereocenters. The molecule has 7 nitrogen and oxygen atoms in total. The molecular weight excluding hydrogens is 400 g/mol. The number of hydrogen-bond acceptors (Lipinski definition) is 5. The van der Waals surface area contributed by atoms with Crippen molar-refractivity contribution in [3.8, 4) is 11.4 Å². The van der Waals surface area contributed by atoms with Crippen LogP contribution in [0.4, 0.5) is 5.69 Å². The van der Waals surface area contributed by atoms with Crippen molar-refractivity contribution in [3.05, 3.63) is 65.9 Å². The van der Waals surface area contributed by atoms with E-state index >= 15 is 0 Å². The molecular formula is C22H22N4O3S. The summed E-state index contributed by atoms with van der Waals surface area (Å²) in [6.07, 6.45) is 0. The van der Waals surface area contributed by atoms with E-state index in [1.807, 2.05) is 66.2 Å². The van der Waals surface area contributed by atoms with Gasteiger partial charge in [-0.2, -0.15) is 5.10 Å². The first-order valence-corrected chi connectivity index (χ1v) is 10.5. The molecule has 2 amide bonds. The zero-order valence-electron chi connectivity index (χ0n) is 16.8. The molecule has 1 aliphatic heterocycles. The number of hydrogen-bond donors (Lipinski definition) is 1. The fourth-order valence-electron chi connectivity index (χ4n) is 3.42. The molecule has 0 saturated heterocycles. The van der Waals surface area contributed by atoms with Gasteiger partial charge in [0.25, 0.3) is 0 Å². The second-order valence-corrected chi connectivity index (χ2v) is 7.81. The predicted molar refractivity (Wildman–Crippen MR) is 116 cm³/mol. The maximum absolute atomic E-state index is 12.6. The number of benzene rings is 2. The summed E-state index contributed by atoms with van der Waals surface area (Å²) < 4.78 is 7.16. The van der Waals surface area contributed by atoms with E-state index in [-0.39, 0.29) is 24.1 Å². The number of thioether (sulfide) groups is 1. The molecule has 0 radical (unpaired) electrons. The molecule has 154 valence electrons. The molecule has 3 aromatic rings. The zero-order valence-corrected chi connectivity index (χ0v) is 17.6. The van der Waals surface area contributed by atoms with E-state index in [1.165, 1.54) is 16.7 Å². The zero-order chi connectivity index (χ0) is 21.1. The molecule has 1 aromatic heterocycles. The van der Waals surface area contributed by atoms with Crippen LogP contribution in [0.25, 0.3) is 5.69 Å². The molecule has 2 heterocycles. The van der Waals surface area contributed by atoms with Crippen LogP contribution in [0.15, 0.2) is 59.6 Å². The van der Waals surface area contributed by atoms with Crippen LogP contribution in [0.5, 0.6) is 5.75 Å². The first-order chi connectivity index (χ1) is 14.6. The van der Waals surface area contributed by atoms with Gasteiger partial charge in [0.1, 0.15) is 17.3 Å². The van der Waals surface area contributed by atoms with Gasteiger partial charge in [-0.3, -0.25) is 14.5 Å². The number of ether oxygens (including phenoxy) is 1. The minimum absolute atomic E-state index is 0.0527. The number of carbonyl (C=O) groups excluding carboxylic acids is 2. The van der Waals surface area contributed by atoms with E-state index in [9.17, 15) is 9.59 Å². The maximum atomic E-state index is 12.6. The van der Waals surface area contributed by atoms with Gasteiger partial charge in [0.2, 0.25) is 11.8 Å². The van der Waals surface area contributed by atoms with Gasteiger partial charge in [0.05, 0.1) is 29.9 Å². The van der Waals surface area contributed by atoms with Gasteiger partial charge in [0, 0.05) is 12.1 Å². The average Bonchev–Trinajstić information content (AvgIpc) is 3.11.